The van der Waals surface area contributed by atoms with Crippen LogP contribution in [-0.2, 0) is 6.54 Å². The van der Waals surface area contributed by atoms with Crippen LogP contribution in [-0.4, -0.2) is 14.8 Å². The molecule has 3 aromatic rings. The van der Waals surface area contributed by atoms with E-state index in [1.54, 1.807) is 0 Å². The Bertz CT molecular complexity index is 641. The van der Waals surface area contributed by atoms with Gasteiger partial charge >= 0.3 is 0 Å². The summed E-state index contributed by atoms with van der Waals surface area (Å²) in [4.78, 5) is 4.01. The molecule has 0 fully saturated rings. The van der Waals surface area contributed by atoms with Gasteiger partial charge in [0.05, 0.1) is 12.1 Å². The van der Waals surface area contributed by atoms with Crippen LogP contribution < -0.4 is 0 Å². The fourth-order valence-corrected chi connectivity index (χ4v) is 1.95. The zero-order valence-electron chi connectivity index (χ0n) is 9.67. The topological polar surface area (TPSA) is 30.7 Å². The third-order valence-corrected chi connectivity index (χ3v) is 2.80. The molecule has 0 unspecified atom stereocenters. The lowest BCUT2D eigenvalue weighted by atomic mass is 10.2. The zero-order chi connectivity index (χ0) is 11.7. The predicted octanol–water partition coefficient (Wildman–Crippen LogP) is 2.79. The first-order valence-corrected chi connectivity index (χ1v) is 5.64. The van der Waals surface area contributed by atoms with Gasteiger partial charge < -0.3 is 0 Å². The number of aryl methyl sites for hydroxylation is 1. The Hall–Kier alpha value is -2.16. The summed E-state index contributed by atoms with van der Waals surface area (Å²) < 4.78 is 1.97. The first-order valence-electron chi connectivity index (χ1n) is 5.64. The molecule has 0 aliphatic carbocycles. The van der Waals surface area contributed by atoms with Crippen LogP contribution in [0.4, 0.5) is 0 Å². The van der Waals surface area contributed by atoms with Crippen LogP contribution in [0.5, 0.6) is 0 Å². The lowest BCUT2D eigenvalue weighted by Gasteiger charge is -1.99. The van der Waals surface area contributed by atoms with Crippen molar-refractivity contribution in [3.63, 3.8) is 0 Å². The van der Waals surface area contributed by atoms with Crippen molar-refractivity contribution >= 4 is 10.9 Å². The Balaban J connectivity index is 1.96. The smallest absolute Gasteiger partial charge is 0.0923 e. The summed E-state index contributed by atoms with van der Waals surface area (Å²) >= 11 is 0. The summed E-state index contributed by atoms with van der Waals surface area (Å²) in [5.74, 6) is 0. The van der Waals surface area contributed by atoms with E-state index in [0.29, 0.717) is 0 Å². The average Bonchev–Trinajstić information content (AvgIpc) is 2.71. The minimum atomic E-state index is 0.788. The zero-order valence-corrected chi connectivity index (χ0v) is 9.67. The molecule has 0 N–H and O–H groups in total. The number of benzene rings is 1. The van der Waals surface area contributed by atoms with Crippen LogP contribution in [0, 0.1) is 6.92 Å². The molecule has 0 saturated carbocycles. The van der Waals surface area contributed by atoms with E-state index in [0.717, 1.165) is 12.1 Å². The molecule has 0 aliphatic heterocycles. The van der Waals surface area contributed by atoms with E-state index in [2.05, 4.69) is 41.4 Å². The molecule has 3 rings (SSSR count). The standard InChI is InChI=1S/C14H13N3/c1-11-2-3-14-13(8-11)10-17(16-14)9-12-4-6-15-7-5-12/h2-8,10H,9H2,1H3. The molecular formula is C14H13N3. The highest BCUT2D eigenvalue weighted by molar-refractivity contribution is 5.78. The number of fused-ring (bicyclic) bond motifs is 1. The highest BCUT2D eigenvalue weighted by Crippen LogP contribution is 2.14. The quantitative estimate of drug-likeness (QED) is 0.668. The maximum atomic E-state index is 4.55. The number of nitrogens with zero attached hydrogens (tertiary/aromatic N) is 3. The number of hydrogen-bond acceptors (Lipinski definition) is 2. The van der Waals surface area contributed by atoms with E-state index in [1.807, 2.05) is 29.2 Å². The van der Waals surface area contributed by atoms with Crippen molar-refractivity contribution in [3.05, 3.63) is 60.0 Å². The maximum Gasteiger partial charge on any atom is 0.0923 e. The summed E-state index contributed by atoms with van der Waals surface area (Å²) in [6.45, 7) is 2.88. The second kappa shape index (κ2) is 4.01. The third kappa shape index (κ3) is 2.04. The van der Waals surface area contributed by atoms with Crippen molar-refractivity contribution < 1.29 is 0 Å². The highest BCUT2D eigenvalue weighted by Gasteiger charge is 2.01. The average molecular weight is 223 g/mol. The lowest BCUT2D eigenvalue weighted by molar-refractivity contribution is 0.695. The molecule has 84 valence electrons. The second-order valence-electron chi connectivity index (χ2n) is 4.24. The van der Waals surface area contributed by atoms with Crippen LogP contribution in [0.3, 0.4) is 0 Å². The lowest BCUT2D eigenvalue weighted by Crippen LogP contribution is -1.99. The van der Waals surface area contributed by atoms with Gasteiger partial charge in [-0.1, -0.05) is 11.6 Å². The summed E-state index contributed by atoms with van der Waals surface area (Å²) in [6, 6.07) is 10.3. The predicted molar refractivity (Wildman–Crippen MR) is 67.8 cm³/mol. The number of pyridine rings is 1. The number of hydrogen-bond donors (Lipinski definition) is 0. The third-order valence-electron chi connectivity index (χ3n) is 2.80. The molecule has 2 aromatic heterocycles. The van der Waals surface area contributed by atoms with Crippen LogP contribution in [0.25, 0.3) is 10.9 Å². The monoisotopic (exact) mass is 223 g/mol. The first-order chi connectivity index (χ1) is 8.31. The van der Waals surface area contributed by atoms with Crippen molar-refractivity contribution in [1.29, 1.82) is 0 Å². The summed E-state index contributed by atoms with van der Waals surface area (Å²) in [5, 5.41) is 5.74. The van der Waals surface area contributed by atoms with E-state index in [9.17, 15) is 0 Å². The molecule has 3 heteroatoms. The Labute approximate surface area is 99.7 Å². The van der Waals surface area contributed by atoms with Crippen LogP contribution in [0.1, 0.15) is 11.1 Å². The van der Waals surface area contributed by atoms with E-state index in [1.165, 1.54) is 16.5 Å². The fraction of sp³-hybridized carbons (Fsp3) is 0.143. The molecular weight excluding hydrogens is 210 g/mol. The van der Waals surface area contributed by atoms with Crippen molar-refractivity contribution in [1.82, 2.24) is 14.8 Å². The maximum absolute atomic E-state index is 4.55. The number of rotatable bonds is 2. The van der Waals surface area contributed by atoms with Crippen LogP contribution >= 0.6 is 0 Å². The summed E-state index contributed by atoms with van der Waals surface area (Å²) in [6.07, 6.45) is 5.70. The molecule has 3 nitrogen and oxygen atoms in total. The van der Waals surface area contributed by atoms with E-state index >= 15 is 0 Å². The van der Waals surface area contributed by atoms with Gasteiger partial charge in [-0.3, -0.25) is 9.67 Å². The van der Waals surface area contributed by atoms with Gasteiger partial charge in [-0.05, 0) is 36.8 Å². The molecule has 1 aromatic carbocycles. The van der Waals surface area contributed by atoms with Gasteiger partial charge in [0.2, 0.25) is 0 Å². The SMILES string of the molecule is Cc1ccc2nn(Cc3ccncc3)cc2c1. The number of aromatic nitrogens is 3. The molecule has 0 aliphatic rings. The van der Waals surface area contributed by atoms with Crippen molar-refractivity contribution in [2.75, 3.05) is 0 Å². The van der Waals surface area contributed by atoms with Crippen molar-refractivity contribution in [3.8, 4) is 0 Å². The molecule has 0 radical (unpaired) electrons. The summed E-state index contributed by atoms with van der Waals surface area (Å²) in [7, 11) is 0. The van der Waals surface area contributed by atoms with E-state index in [4.69, 9.17) is 0 Å². The summed E-state index contributed by atoms with van der Waals surface area (Å²) in [5.41, 5.74) is 3.52. The van der Waals surface area contributed by atoms with Gasteiger partial charge in [0.25, 0.3) is 0 Å². The Morgan fingerprint density at radius 3 is 2.76 bits per heavy atom. The van der Waals surface area contributed by atoms with Gasteiger partial charge in [0.15, 0.2) is 0 Å². The van der Waals surface area contributed by atoms with Gasteiger partial charge in [0.1, 0.15) is 0 Å². The molecule has 0 spiro atoms. The second-order valence-corrected chi connectivity index (χ2v) is 4.24. The van der Waals surface area contributed by atoms with Gasteiger partial charge in [-0.25, -0.2) is 0 Å². The normalized spacial score (nSPS) is 10.9. The Kier molecular flexibility index (Phi) is 2.37. The molecule has 2 heterocycles. The minimum absolute atomic E-state index is 0.788. The first kappa shape index (κ1) is 10.0. The molecule has 0 bridgehead atoms. The van der Waals surface area contributed by atoms with Gasteiger partial charge in [-0.15, -0.1) is 0 Å². The Morgan fingerprint density at radius 2 is 1.94 bits per heavy atom. The molecule has 0 amide bonds. The molecule has 0 atom stereocenters. The van der Waals surface area contributed by atoms with E-state index < -0.39 is 0 Å². The van der Waals surface area contributed by atoms with Crippen LogP contribution in [0.2, 0.25) is 0 Å². The van der Waals surface area contributed by atoms with Crippen molar-refractivity contribution in [2.24, 2.45) is 0 Å². The molecule has 17 heavy (non-hydrogen) atoms. The van der Waals surface area contributed by atoms with Gasteiger partial charge in [-0.2, -0.15) is 5.10 Å². The molecule has 0 saturated heterocycles. The Morgan fingerprint density at radius 1 is 1.12 bits per heavy atom. The van der Waals surface area contributed by atoms with E-state index in [-0.39, 0.29) is 0 Å². The highest BCUT2D eigenvalue weighted by atomic mass is 15.3. The van der Waals surface area contributed by atoms with Gasteiger partial charge in [0, 0.05) is 24.0 Å². The van der Waals surface area contributed by atoms with Crippen molar-refractivity contribution in [2.45, 2.75) is 13.5 Å². The van der Waals surface area contributed by atoms with Crippen LogP contribution in [0.15, 0.2) is 48.9 Å². The largest absolute Gasteiger partial charge is 0.267 e. The fourth-order valence-electron chi connectivity index (χ4n) is 1.95. The minimum Gasteiger partial charge on any atom is -0.267 e.